The number of carbonyl (C=O) groups is 1. The fraction of sp³-hybridized carbons (Fsp3) is 0.0769. The Morgan fingerprint density at radius 2 is 2.20 bits per heavy atom. The second-order valence-electron chi connectivity index (χ2n) is 4.00. The van der Waals surface area contributed by atoms with Gasteiger partial charge in [0.25, 0.3) is 5.91 Å². The van der Waals surface area contributed by atoms with Crippen LogP contribution in [0, 0.1) is 10.1 Å². The van der Waals surface area contributed by atoms with E-state index in [4.69, 9.17) is 0 Å². The first-order chi connectivity index (χ1) is 9.58. The number of phenolic OH excluding ortho intramolecular Hbond substituents is 1. The first kappa shape index (κ1) is 13.5. The molecule has 0 saturated heterocycles. The maximum atomic E-state index is 11.8. The average molecular weight is 273 g/mol. The van der Waals surface area contributed by atoms with Gasteiger partial charge in [-0.3, -0.25) is 19.9 Å². The second-order valence-corrected chi connectivity index (χ2v) is 4.00. The van der Waals surface area contributed by atoms with E-state index in [-0.39, 0.29) is 12.1 Å². The molecule has 0 saturated carbocycles. The van der Waals surface area contributed by atoms with Crippen LogP contribution in [-0.2, 0) is 6.54 Å². The molecule has 0 atom stereocenters. The zero-order valence-electron chi connectivity index (χ0n) is 10.3. The topological polar surface area (TPSA) is 105 Å². The third kappa shape index (κ3) is 3.08. The Hall–Kier alpha value is -2.96. The van der Waals surface area contributed by atoms with E-state index in [0.717, 1.165) is 17.7 Å². The Balaban J connectivity index is 2.06. The van der Waals surface area contributed by atoms with Crippen LogP contribution in [0.3, 0.4) is 0 Å². The predicted octanol–water partition coefficient (Wildman–Crippen LogP) is 1.63. The van der Waals surface area contributed by atoms with Crippen LogP contribution in [0.1, 0.15) is 15.9 Å². The summed E-state index contributed by atoms with van der Waals surface area (Å²) in [6.45, 7) is 0.282. The number of nitro groups is 1. The van der Waals surface area contributed by atoms with Crippen LogP contribution in [-0.4, -0.2) is 20.9 Å². The average Bonchev–Trinajstić information content (AvgIpc) is 2.45. The Morgan fingerprint density at radius 1 is 1.40 bits per heavy atom. The number of carbonyl (C=O) groups excluding carboxylic acids is 1. The lowest BCUT2D eigenvalue weighted by Crippen LogP contribution is -2.22. The lowest BCUT2D eigenvalue weighted by atomic mass is 10.1. The summed E-state index contributed by atoms with van der Waals surface area (Å²) in [6.07, 6.45) is 3.24. The molecule has 0 aliphatic heterocycles. The zero-order chi connectivity index (χ0) is 14.5. The van der Waals surface area contributed by atoms with Gasteiger partial charge in [-0.15, -0.1) is 0 Å². The Labute approximate surface area is 114 Å². The number of aromatic nitrogens is 1. The number of amides is 1. The number of phenols is 1. The molecule has 102 valence electrons. The van der Waals surface area contributed by atoms with Crippen LogP contribution in [0.25, 0.3) is 0 Å². The van der Waals surface area contributed by atoms with E-state index in [1.54, 1.807) is 24.5 Å². The van der Waals surface area contributed by atoms with Crippen molar-refractivity contribution in [3.8, 4) is 5.75 Å². The van der Waals surface area contributed by atoms with Crippen molar-refractivity contribution < 1.29 is 14.8 Å². The molecule has 1 amide bonds. The maximum Gasteiger partial charge on any atom is 0.310 e. The summed E-state index contributed by atoms with van der Waals surface area (Å²) < 4.78 is 0. The van der Waals surface area contributed by atoms with Crippen LogP contribution in [0.5, 0.6) is 5.75 Å². The van der Waals surface area contributed by atoms with Gasteiger partial charge in [0.2, 0.25) is 0 Å². The number of pyridine rings is 1. The molecule has 20 heavy (non-hydrogen) atoms. The first-order valence-electron chi connectivity index (χ1n) is 5.72. The standard InChI is InChI=1S/C13H11N3O4/c17-12-6-10(3-4-11(12)16(19)20)13(18)15-8-9-2-1-5-14-7-9/h1-7,17H,8H2,(H,15,18). The summed E-state index contributed by atoms with van der Waals surface area (Å²) in [5.41, 5.74) is 0.540. The fourth-order valence-electron chi connectivity index (χ4n) is 1.61. The van der Waals surface area contributed by atoms with Gasteiger partial charge in [-0.25, -0.2) is 0 Å². The second kappa shape index (κ2) is 5.79. The van der Waals surface area contributed by atoms with Gasteiger partial charge in [0.1, 0.15) is 0 Å². The van der Waals surface area contributed by atoms with Crippen molar-refractivity contribution in [2.75, 3.05) is 0 Å². The van der Waals surface area contributed by atoms with Crippen molar-refractivity contribution in [3.63, 3.8) is 0 Å². The van der Waals surface area contributed by atoms with Gasteiger partial charge in [0.15, 0.2) is 5.75 Å². The summed E-state index contributed by atoms with van der Waals surface area (Å²) >= 11 is 0. The van der Waals surface area contributed by atoms with E-state index in [9.17, 15) is 20.0 Å². The maximum absolute atomic E-state index is 11.8. The van der Waals surface area contributed by atoms with Crippen molar-refractivity contribution >= 4 is 11.6 Å². The van der Waals surface area contributed by atoms with E-state index in [1.165, 1.54) is 6.07 Å². The van der Waals surface area contributed by atoms with Crippen LogP contribution < -0.4 is 5.32 Å². The van der Waals surface area contributed by atoms with Gasteiger partial charge < -0.3 is 10.4 Å². The van der Waals surface area contributed by atoms with Gasteiger partial charge >= 0.3 is 5.69 Å². The minimum Gasteiger partial charge on any atom is -0.502 e. The largest absolute Gasteiger partial charge is 0.502 e. The Kier molecular flexibility index (Phi) is 3.90. The molecule has 0 aliphatic carbocycles. The van der Waals surface area contributed by atoms with Gasteiger partial charge in [0.05, 0.1) is 4.92 Å². The first-order valence-corrected chi connectivity index (χ1v) is 5.72. The number of rotatable bonds is 4. The summed E-state index contributed by atoms with van der Waals surface area (Å²) in [6, 6.07) is 7.00. The van der Waals surface area contributed by atoms with Crippen molar-refractivity contribution in [1.29, 1.82) is 0 Å². The molecular weight excluding hydrogens is 262 g/mol. The van der Waals surface area contributed by atoms with Gasteiger partial charge in [-0.1, -0.05) is 6.07 Å². The van der Waals surface area contributed by atoms with E-state index in [1.807, 2.05) is 0 Å². The molecule has 0 fully saturated rings. The van der Waals surface area contributed by atoms with Crippen LogP contribution >= 0.6 is 0 Å². The molecule has 2 rings (SSSR count). The summed E-state index contributed by atoms with van der Waals surface area (Å²) in [5.74, 6) is -0.969. The Bertz CT molecular complexity index is 643. The molecule has 0 radical (unpaired) electrons. The van der Waals surface area contributed by atoms with Crippen LogP contribution in [0.15, 0.2) is 42.7 Å². The monoisotopic (exact) mass is 273 g/mol. The molecule has 0 spiro atoms. The molecule has 1 aromatic heterocycles. The fourth-order valence-corrected chi connectivity index (χ4v) is 1.61. The molecular formula is C13H11N3O4. The molecule has 0 unspecified atom stereocenters. The molecule has 7 heteroatoms. The summed E-state index contributed by atoms with van der Waals surface area (Å²) in [5, 5.41) is 22.6. The smallest absolute Gasteiger partial charge is 0.310 e. The number of hydrogen-bond donors (Lipinski definition) is 2. The highest BCUT2D eigenvalue weighted by Crippen LogP contribution is 2.26. The zero-order valence-corrected chi connectivity index (χ0v) is 10.3. The third-order valence-corrected chi connectivity index (χ3v) is 2.61. The van der Waals surface area contributed by atoms with E-state index in [0.29, 0.717) is 0 Å². The number of nitro benzene ring substituents is 1. The quantitative estimate of drug-likeness (QED) is 0.650. The molecule has 1 heterocycles. The van der Waals surface area contributed by atoms with Gasteiger partial charge in [-0.05, 0) is 23.8 Å². The van der Waals surface area contributed by atoms with E-state index in [2.05, 4.69) is 10.3 Å². The summed E-state index contributed by atoms with van der Waals surface area (Å²) in [7, 11) is 0. The van der Waals surface area contributed by atoms with Crippen LogP contribution in [0.4, 0.5) is 5.69 Å². The van der Waals surface area contributed by atoms with E-state index >= 15 is 0 Å². The normalized spacial score (nSPS) is 10.0. The van der Waals surface area contributed by atoms with Crippen molar-refractivity contribution in [2.45, 2.75) is 6.54 Å². The molecule has 2 N–H and O–H groups in total. The van der Waals surface area contributed by atoms with Crippen molar-refractivity contribution in [2.24, 2.45) is 0 Å². The molecule has 1 aromatic carbocycles. The Morgan fingerprint density at radius 3 is 2.80 bits per heavy atom. The highest BCUT2D eigenvalue weighted by molar-refractivity contribution is 5.94. The molecule has 0 bridgehead atoms. The van der Waals surface area contributed by atoms with E-state index < -0.39 is 22.3 Å². The molecule has 0 aliphatic rings. The molecule has 2 aromatic rings. The molecule has 7 nitrogen and oxygen atoms in total. The SMILES string of the molecule is O=C(NCc1cccnc1)c1ccc([N+](=O)[O-])c(O)c1. The minimum absolute atomic E-state index is 0.150. The lowest BCUT2D eigenvalue weighted by Gasteiger charge is -2.05. The van der Waals surface area contributed by atoms with Crippen molar-refractivity contribution in [1.82, 2.24) is 10.3 Å². The van der Waals surface area contributed by atoms with Gasteiger partial charge in [-0.2, -0.15) is 0 Å². The number of benzene rings is 1. The lowest BCUT2D eigenvalue weighted by molar-refractivity contribution is -0.385. The van der Waals surface area contributed by atoms with Crippen molar-refractivity contribution in [3.05, 3.63) is 64.0 Å². The predicted molar refractivity (Wildman–Crippen MR) is 70.2 cm³/mol. The minimum atomic E-state index is -0.716. The number of nitrogens with one attached hydrogen (secondary N) is 1. The highest BCUT2D eigenvalue weighted by Gasteiger charge is 2.15. The number of aromatic hydroxyl groups is 1. The third-order valence-electron chi connectivity index (χ3n) is 2.61. The number of hydrogen-bond acceptors (Lipinski definition) is 5. The van der Waals surface area contributed by atoms with Gasteiger partial charge in [0, 0.05) is 30.6 Å². The number of nitrogens with zero attached hydrogens (tertiary/aromatic N) is 2. The highest BCUT2D eigenvalue weighted by atomic mass is 16.6. The summed E-state index contributed by atoms with van der Waals surface area (Å²) in [4.78, 5) is 25.6. The van der Waals surface area contributed by atoms with Crippen LogP contribution in [0.2, 0.25) is 0 Å².